The van der Waals surface area contributed by atoms with Crippen LogP contribution >= 0.6 is 0 Å². The molecule has 106 valence electrons. The van der Waals surface area contributed by atoms with Gasteiger partial charge < -0.3 is 14.8 Å². The third-order valence-corrected chi connectivity index (χ3v) is 2.64. The summed E-state index contributed by atoms with van der Waals surface area (Å²) in [5, 5.41) is 19.1. The standard InChI is InChI=1S/C13H15BFNO4/c1-13(2,3)20-12(17)16-10(14(18)19)7-8-5-4-6-9(15)11(8)16/h4-7,18-19H,1-3H3. The summed E-state index contributed by atoms with van der Waals surface area (Å²) in [7, 11) is -1.91. The average molecular weight is 279 g/mol. The highest BCUT2D eigenvalue weighted by molar-refractivity contribution is 6.59. The van der Waals surface area contributed by atoms with E-state index < -0.39 is 24.6 Å². The van der Waals surface area contributed by atoms with E-state index in [-0.39, 0.29) is 11.1 Å². The molecule has 2 N–H and O–H groups in total. The molecular formula is C13H15BFNO4. The smallest absolute Gasteiger partial charge is 0.443 e. The Morgan fingerprint density at radius 2 is 2.00 bits per heavy atom. The molecule has 0 aliphatic carbocycles. The highest BCUT2D eigenvalue weighted by Gasteiger charge is 2.28. The van der Waals surface area contributed by atoms with Gasteiger partial charge in [-0.05, 0) is 32.9 Å². The van der Waals surface area contributed by atoms with Gasteiger partial charge in [0, 0.05) is 5.39 Å². The van der Waals surface area contributed by atoms with Gasteiger partial charge in [-0.2, -0.15) is 0 Å². The molecule has 0 unspecified atom stereocenters. The van der Waals surface area contributed by atoms with Gasteiger partial charge in [-0.15, -0.1) is 0 Å². The van der Waals surface area contributed by atoms with Crippen molar-refractivity contribution >= 4 is 29.7 Å². The second-order valence-corrected chi connectivity index (χ2v) is 5.44. The fourth-order valence-electron chi connectivity index (χ4n) is 1.93. The van der Waals surface area contributed by atoms with Gasteiger partial charge >= 0.3 is 13.2 Å². The molecule has 5 nitrogen and oxygen atoms in total. The third kappa shape index (κ3) is 2.68. The first-order valence-corrected chi connectivity index (χ1v) is 6.10. The lowest BCUT2D eigenvalue weighted by molar-refractivity contribution is 0.0547. The number of carbonyl (C=O) groups is 1. The van der Waals surface area contributed by atoms with E-state index in [4.69, 9.17) is 4.74 Å². The number of halogens is 1. The molecule has 2 aromatic rings. The summed E-state index contributed by atoms with van der Waals surface area (Å²) in [4.78, 5) is 12.2. The number of para-hydroxylation sites is 1. The van der Waals surface area contributed by atoms with Crippen LogP contribution in [0.25, 0.3) is 10.9 Å². The number of carbonyl (C=O) groups excluding carboxylic acids is 1. The number of nitrogens with zero attached hydrogens (tertiary/aromatic N) is 1. The lowest BCUT2D eigenvalue weighted by Gasteiger charge is -2.21. The molecule has 0 spiro atoms. The molecule has 7 heteroatoms. The lowest BCUT2D eigenvalue weighted by atomic mass is 9.86. The summed E-state index contributed by atoms with van der Waals surface area (Å²) in [6.45, 7) is 5.01. The number of rotatable bonds is 1. The van der Waals surface area contributed by atoms with E-state index in [0.717, 1.165) is 4.57 Å². The van der Waals surface area contributed by atoms with E-state index in [0.29, 0.717) is 5.39 Å². The first kappa shape index (κ1) is 14.6. The van der Waals surface area contributed by atoms with Gasteiger partial charge in [-0.3, -0.25) is 0 Å². The predicted octanol–water partition coefficient (Wildman–Crippen LogP) is 1.24. The fraction of sp³-hybridized carbons (Fsp3) is 0.308. The molecule has 0 atom stereocenters. The normalized spacial score (nSPS) is 11.7. The highest BCUT2D eigenvalue weighted by atomic mass is 19.1. The molecule has 1 aromatic carbocycles. The maximum Gasteiger partial charge on any atom is 0.506 e. The van der Waals surface area contributed by atoms with Crippen LogP contribution < -0.4 is 5.59 Å². The van der Waals surface area contributed by atoms with Gasteiger partial charge in [0.25, 0.3) is 0 Å². The summed E-state index contributed by atoms with van der Waals surface area (Å²) in [5.41, 5.74) is -0.958. The number of aromatic nitrogens is 1. The van der Waals surface area contributed by atoms with Crippen LogP contribution in [-0.2, 0) is 4.74 Å². The van der Waals surface area contributed by atoms with Gasteiger partial charge in [-0.25, -0.2) is 13.8 Å². The predicted molar refractivity (Wildman–Crippen MR) is 73.4 cm³/mol. The molecule has 0 aliphatic rings. The molecule has 1 heterocycles. The number of hydrogen-bond acceptors (Lipinski definition) is 4. The zero-order chi connectivity index (χ0) is 15.1. The Hall–Kier alpha value is -1.86. The second kappa shape index (κ2) is 4.92. The summed E-state index contributed by atoms with van der Waals surface area (Å²) in [6.07, 6.45) is -0.860. The maximum atomic E-state index is 13.9. The van der Waals surface area contributed by atoms with Crippen molar-refractivity contribution in [3.05, 3.63) is 30.1 Å². The van der Waals surface area contributed by atoms with Gasteiger partial charge in [0.15, 0.2) is 0 Å². The molecule has 0 saturated carbocycles. The topological polar surface area (TPSA) is 71.7 Å². The first-order valence-electron chi connectivity index (χ1n) is 6.10. The SMILES string of the molecule is CC(C)(C)OC(=O)n1c(B(O)O)cc2cccc(F)c21. The number of ether oxygens (including phenoxy) is 1. The van der Waals surface area contributed by atoms with Gasteiger partial charge in [0.2, 0.25) is 0 Å². The van der Waals surface area contributed by atoms with E-state index in [1.54, 1.807) is 26.8 Å². The first-order chi connectivity index (χ1) is 9.20. The summed E-state index contributed by atoms with van der Waals surface area (Å²) in [6, 6.07) is 5.58. The van der Waals surface area contributed by atoms with Crippen LogP contribution in [0.2, 0.25) is 0 Å². The fourth-order valence-corrected chi connectivity index (χ4v) is 1.93. The Morgan fingerprint density at radius 1 is 1.35 bits per heavy atom. The largest absolute Gasteiger partial charge is 0.506 e. The Balaban J connectivity index is 2.65. The summed E-state index contributed by atoms with van der Waals surface area (Å²) in [5.74, 6) is -0.639. The van der Waals surface area contributed by atoms with Crippen molar-refractivity contribution < 1.29 is 24.0 Å². The van der Waals surface area contributed by atoms with Crippen molar-refractivity contribution in [3.8, 4) is 0 Å². The third-order valence-electron chi connectivity index (χ3n) is 2.64. The van der Waals surface area contributed by atoms with E-state index in [2.05, 4.69) is 0 Å². The highest BCUT2D eigenvalue weighted by Crippen LogP contribution is 2.20. The minimum absolute atomic E-state index is 0.0372. The maximum absolute atomic E-state index is 13.9. The van der Waals surface area contributed by atoms with Crippen molar-refractivity contribution in [2.45, 2.75) is 26.4 Å². The van der Waals surface area contributed by atoms with E-state index in [9.17, 15) is 19.2 Å². The molecule has 0 aliphatic heterocycles. The monoisotopic (exact) mass is 279 g/mol. The van der Waals surface area contributed by atoms with Crippen LogP contribution in [0.1, 0.15) is 20.8 Å². The van der Waals surface area contributed by atoms with Gasteiger partial charge in [0.05, 0.1) is 11.1 Å². The van der Waals surface area contributed by atoms with Crippen molar-refractivity contribution in [2.75, 3.05) is 0 Å². The summed E-state index contributed by atoms with van der Waals surface area (Å²) < 4.78 is 19.9. The lowest BCUT2D eigenvalue weighted by Crippen LogP contribution is -2.41. The number of hydrogen-bond donors (Lipinski definition) is 2. The minimum Gasteiger partial charge on any atom is -0.443 e. The average Bonchev–Trinajstić information content (AvgIpc) is 2.67. The van der Waals surface area contributed by atoms with Crippen LogP contribution in [0.4, 0.5) is 9.18 Å². The van der Waals surface area contributed by atoms with Crippen molar-refractivity contribution in [3.63, 3.8) is 0 Å². The molecule has 2 rings (SSSR count). The van der Waals surface area contributed by atoms with Crippen LogP contribution in [0.3, 0.4) is 0 Å². The molecule has 0 amide bonds. The molecule has 0 bridgehead atoms. The van der Waals surface area contributed by atoms with Gasteiger partial charge in [-0.1, -0.05) is 12.1 Å². The quantitative estimate of drug-likeness (QED) is 0.770. The van der Waals surface area contributed by atoms with Crippen LogP contribution in [-0.4, -0.2) is 33.4 Å². The number of fused-ring (bicyclic) bond motifs is 1. The zero-order valence-electron chi connectivity index (χ0n) is 11.4. The van der Waals surface area contributed by atoms with Crippen LogP contribution in [0.5, 0.6) is 0 Å². The Morgan fingerprint density at radius 3 is 2.55 bits per heavy atom. The summed E-state index contributed by atoms with van der Waals surface area (Å²) >= 11 is 0. The molecular weight excluding hydrogens is 264 g/mol. The second-order valence-electron chi connectivity index (χ2n) is 5.44. The Kier molecular flexibility index (Phi) is 3.58. The van der Waals surface area contributed by atoms with E-state index >= 15 is 0 Å². The van der Waals surface area contributed by atoms with Gasteiger partial charge in [0.1, 0.15) is 11.4 Å². The van der Waals surface area contributed by atoms with Crippen molar-refractivity contribution in [1.29, 1.82) is 0 Å². The Labute approximate surface area is 115 Å². The molecule has 0 fully saturated rings. The van der Waals surface area contributed by atoms with Crippen LogP contribution in [0, 0.1) is 5.82 Å². The van der Waals surface area contributed by atoms with E-state index in [1.807, 2.05) is 0 Å². The minimum atomic E-state index is -1.91. The number of benzene rings is 1. The molecule has 0 saturated heterocycles. The van der Waals surface area contributed by atoms with Crippen LogP contribution in [0.15, 0.2) is 24.3 Å². The van der Waals surface area contributed by atoms with Crippen molar-refractivity contribution in [2.24, 2.45) is 0 Å². The molecule has 20 heavy (non-hydrogen) atoms. The van der Waals surface area contributed by atoms with Crippen molar-refractivity contribution in [1.82, 2.24) is 4.57 Å². The van der Waals surface area contributed by atoms with E-state index in [1.165, 1.54) is 18.2 Å². The molecule has 0 radical (unpaired) electrons. The Bertz CT molecular complexity index is 660. The zero-order valence-corrected chi connectivity index (χ0v) is 11.4. The molecule has 1 aromatic heterocycles.